The van der Waals surface area contributed by atoms with Gasteiger partial charge in [-0.2, -0.15) is 0 Å². The summed E-state index contributed by atoms with van der Waals surface area (Å²) in [6.07, 6.45) is 1.96. The van der Waals surface area contributed by atoms with Crippen LogP contribution in [0.2, 0.25) is 0 Å². The molecule has 5 nitrogen and oxygen atoms in total. The Morgan fingerprint density at radius 2 is 1.47 bits per heavy atom. The molecule has 3 aromatic carbocycles. The standard InChI is InChI=1S/C25H21NO4/c1-18-23(19-13-15-22(16-14-19)26(27)28)17-24(20-9-5-3-6-10-20)30-25(18,29-2)21-11-7-4-8-12-21/h3-17H,1-2H3. The first-order valence-electron chi connectivity index (χ1n) is 9.58. The van der Waals surface area contributed by atoms with Gasteiger partial charge in [-0.1, -0.05) is 60.7 Å². The molecule has 30 heavy (non-hydrogen) atoms. The molecule has 3 aromatic rings. The van der Waals surface area contributed by atoms with Crippen LogP contribution in [0.15, 0.2) is 96.6 Å². The topological polar surface area (TPSA) is 61.6 Å². The lowest BCUT2D eigenvalue weighted by Gasteiger charge is -2.39. The van der Waals surface area contributed by atoms with E-state index in [1.54, 1.807) is 19.2 Å². The lowest BCUT2D eigenvalue weighted by atomic mass is 9.87. The largest absolute Gasteiger partial charge is 0.453 e. The third kappa shape index (κ3) is 3.40. The zero-order chi connectivity index (χ0) is 21.1. The van der Waals surface area contributed by atoms with Crippen LogP contribution >= 0.6 is 0 Å². The van der Waals surface area contributed by atoms with Gasteiger partial charge < -0.3 is 9.47 Å². The molecule has 1 aliphatic heterocycles. The average Bonchev–Trinajstić information content (AvgIpc) is 2.80. The van der Waals surface area contributed by atoms with Gasteiger partial charge in [0, 0.05) is 35.9 Å². The fraction of sp³-hybridized carbons (Fsp3) is 0.120. The fourth-order valence-corrected chi connectivity index (χ4v) is 3.73. The number of hydrogen-bond donors (Lipinski definition) is 0. The molecule has 0 N–H and O–H groups in total. The number of nitro benzene ring substituents is 1. The highest BCUT2D eigenvalue weighted by atomic mass is 16.7. The van der Waals surface area contributed by atoms with E-state index in [0.717, 1.165) is 27.8 Å². The van der Waals surface area contributed by atoms with Crippen LogP contribution in [0.5, 0.6) is 0 Å². The number of ether oxygens (including phenoxy) is 2. The van der Waals surface area contributed by atoms with E-state index in [0.29, 0.717) is 5.76 Å². The Morgan fingerprint density at radius 3 is 2.03 bits per heavy atom. The second kappa shape index (κ2) is 7.97. The summed E-state index contributed by atoms with van der Waals surface area (Å²) < 4.78 is 12.5. The predicted molar refractivity (Wildman–Crippen MR) is 116 cm³/mol. The molecule has 0 saturated carbocycles. The van der Waals surface area contributed by atoms with Gasteiger partial charge in [-0.15, -0.1) is 0 Å². The molecule has 1 aliphatic rings. The Bertz CT molecular complexity index is 1120. The molecule has 0 amide bonds. The summed E-state index contributed by atoms with van der Waals surface area (Å²) in [6, 6.07) is 26.1. The first-order chi connectivity index (χ1) is 14.5. The maximum atomic E-state index is 11.1. The highest BCUT2D eigenvalue weighted by molar-refractivity contribution is 5.86. The van der Waals surface area contributed by atoms with Crippen LogP contribution in [0, 0.1) is 10.1 Å². The molecule has 1 atom stereocenters. The van der Waals surface area contributed by atoms with Crippen LogP contribution in [0.3, 0.4) is 0 Å². The highest BCUT2D eigenvalue weighted by Gasteiger charge is 2.42. The van der Waals surface area contributed by atoms with Crippen molar-refractivity contribution >= 4 is 17.0 Å². The van der Waals surface area contributed by atoms with E-state index < -0.39 is 10.7 Å². The van der Waals surface area contributed by atoms with Gasteiger partial charge in [0.1, 0.15) is 5.76 Å². The number of hydrogen-bond acceptors (Lipinski definition) is 4. The number of rotatable bonds is 5. The Hall–Kier alpha value is -3.70. The van der Waals surface area contributed by atoms with Crippen molar-refractivity contribution in [2.24, 2.45) is 0 Å². The zero-order valence-corrected chi connectivity index (χ0v) is 16.7. The smallest absolute Gasteiger partial charge is 0.269 e. The second-order valence-corrected chi connectivity index (χ2v) is 7.01. The summed E-state index contributed by atoms with van der Waals surface area (Å²) >= 11 is 0. The monoisotopic (exact) mass is 399 g/mol. The summed E-state index contributed by atoms with van der Waals surface area (Å²) in [6.45, 7) is 1.96. The third-order valence-electron chi connectivity index (χ3n) is 5.32. The Balaban J connectivity index is 1.93. The number of nitro groups is 1. The van der Waals surface area contributed by atoms with Gasteiger partial charge >= 0.3 is 0 Å². The molecule has 1 unspecified atom stereocenters. The maximum absolute atomic E-state index is 11.1. The van der Waals surface area contributed by atoms with Gasteiger partial charge in [0.15, 0.2) is 0 Å². The molecule has 0 radical (unpaired) electrons. The van der Waals surface area contributed by atoms with Crippen molar-refractivity contribution in [2.45, 2.75) is 12.7 Å². The van der Waals surface area contributed by atoms with Crippen LogP contribution < -0.4 is 0 Å². The third-order valence-corrected chi connectivity index (χ3v) is 5.32. The van der Waals surface area contributed by atoms with Crippen LogP contribution in [-0.4, -0.2) is 12.0 Å². The van der Waals surface area contributed by atoms with E-state index in [1.165, 1.54) is 12.1 Å². The van der Waals surface area contributed by atoms with E-state index in [-0.39, 0.29) is 5.69 Å². The maximum Gasteiger partial charge on any atom is 0.269 e. The molecular formula is C25H21NO4. The van der Waals surface area contributed by atoms with Crippen LogP contribution in [0.25, 0.3) is 11.3 Å². The average molecular weight is 399 g/mol. The Labute approximate surface area is 175 Å². The van der Waals surface area contributed by atoms with Gasteiger partial charge in [0.2, 0.25) is 0 Å². The fourth-order valence-electron chi connectivity index (χ4n) is 3.73. The van der Waals surface area contributed by atoms with E-state index >= 15 is 0 Å². The molecule has 5 heteroatoms. The Morgan fingerprint density at radius 1 is 0.867 bits per heavy atom. The number of benzene rings is 3. The number of non-ortho nitro benzene ring substituents is 1. The molecule has 0 bridgehead atoms. The highest BCUT2D eigenvalue weighted by Crippen LogP contribution is 2.46. The van der Waals surface area contributed by atoms with Gasteiger partial charge in [-0.25, -0.2) is 0 Å². The summed E-state index contributed by atoms with van der Waals surface area (Å²) in [5.74, 6) is -0.446. The van der Waals surface area contributed by atoms with Gasteiger partial charge in [0.05, 0.1) is 4.92 Å². The number of nitrogens with zero attached hydrogens (tertiary/aromatic N) is 1. The second-order valence-electron chi connectivity index (χ2n) is 7.01. The normalized spacial score (nSPS) is 18.5. The molecular weight excluding hydrogens is 378 g/mol. The molecule has 1 heterocycles. The minimum atomic E-state index is -1.11. The molecule has 150 valence electrons. The van der Waals surface area contributed by atoms with Crippen LogP contribution in [0.1, 0.15) is 23.6 Å². The van der Waals surface area contributed by atoms with Gasteiger partial charge in [0.25, 0.3) is 11.5 Å². The van der Waals surface area contributed by atoms with E-state index in [9.17, 15) is 10.1 Å². The van der Waals surface area contributed by atoms with Crippen molar-refractivity contribution in [2.75, 3.05) is 7.11 Å². The van der Waals surface area contributed by atoms with Crippen molar-refractivity contribution in [3.8, 4) is 0 Å². The molecule has 0 aliphatic carbocycles. The predicted octanol–water partition coefficient (Wildman–Crippen LogP) is 5.94. The van der Waals surface area contributed by atoms with Crippen molar-refractivity contribution < 1.29 is 14.4 Å². The van der Waals surface area contributed by atoms with Crippen molar-refractivity contribution in [1.82, 2.24) is 0 Å². The quantitative estimate of drug-likeness (QED) is 0.393. The number of methoxy groups -OCH3 is 1. The van der Waals surface area contributed by atoms with Crippen molar-refractivity contribution in [1.29, 1.82) is 0 Å². The minimum Gasteiger partial charge on any atom is -0.453 e. The van der Waals surface area contributed by atoms with E-state index in [4.69, 9.17) is 9.47 Å². The summed E-state index contributed by atoms with van der Waals surface area (Å²) in [7, 11) is 1.62. The molecule has 0 spiro atoms. The van der Waals surface area contributed by atoms with E-state index in [2.05, 4.69) is 0 Å². The SMILES string of the molecule is COC1(c2ccccc2)OC(c2ccccc2)=CC(c2ccc([N+](=O)[O-])cc2)=C1C. The molecule has 4 rings (SSSR count). The van der Waals surface area contributed by atoms with Crippen LogP contribution in [0.4, 0.5) is 5.69 Å². The van der Waals surface area contributed by atoms with E-state index in [1.807, 2.05) is 73.7 Å². The summed E-state index contributed by atoms with van der Waals surface area (Å²) in [5.41, 5.74) is 4.46. The molecule has 0 aromatic heterocycles. The first kappa shape index (κ1) is 19.6. The van der Waals surface area contributed by atoms with Gasteiger partial charge in [-0.3, -0.25) is 10.1 Å². The van der Waals surface area contributed by atoms with Crippen molar-refractivity contribution in [3.05, 3.63) is 123 Å². The molecule has 0 saturated heterocycles. The first-order valence-corrected chi connectivity index (χ1v) is 9.58. The van der Waals surface area contributed by atoms with Gasteiger partial charge in [-0.05, 0) is 36.3 Å². The zero-order valence-electron chi connectivity index (χ0n) is 16.7. The van der Waals surface area contributed by atoms with Crippen molar-refractivity contribution in [3.63, 3.8) is 0 Å². The molecule has 0 fully saturated rings. The number of allylic oxidation sites excluding steroid dienone is 2. The lowest BCUT2D eigenvalue weighted by molar-refractivity contribution is -0.384. The summed E-state index contributed by atoms with van der Waals surface area (Å²) in [5, 5.41) is 11.1. The summed E-state index contributed by atoms with van der Waals surface area (Å²) in [4.78, 5) is 10.7. The Kier molecular flexibility index (Phi) is 5.21. The minimum absolute atomic E-state index is 0.0531. The lowest BCUT2D eigenvalue weighted by Crippen LogP contribution is -2.35. The van der Waals surface area contributed by atoms with Crippen LogP contribution in [-0.2, 0) is 15.3 Å².